The fourth-order valence-corrected chi connectivity index (χ4v) is 5.10. The second-order valence-corrected chi connectivity index (χ2v) is 9.82. The molecule has 1 fully saturated rings. The molecule has 32 heavy (non-hydrogen) atoms. The molecule has 3 aromatic rings. The first-order valence-corrected chi connectivity index (χ1v) is 11.9. The Balaban J connectivity index is 1.35. The molecule has 0 radical (unpaired) electrons. The van der Waals surface area contributed by atoms with Gasteiger partial charge in [0, 0.05) is 54.9 Å². The Morgan fingerprint density at radius 2 is 1.94 bits per heavy atom. The summed E-state index contributed by atoms with van der Waals surface area (Å²) in [4.78, 5) is 30.7. The van der Waals surface area contributed by atoms with Crippen molar-refractivity contribution < 1.29 is 4.79 Å². The van der Waals surface area contributed by atoms with Gasteiger partial charge in [-0.1, -0.05) is 32.9 Å². The molecule has 1 aliphatic carbocycles. The van der Waals surface area contributed by atoms with E-state index in [-0.39, 0.29) is 5.91 Å². The summed E-state index contributed by atoms with van der Waals surface area (Å²) in [5, 5.41) is 1.23. The van der Waals surface area contributed by atoms with E-state index in [0.29, 0.717) is 24.9 Å². The maximum absolute atomic E-state index is 13.5. The van der Waals surface area contributed by atoms with Gasteiger partial charge in [0.25, 0.3) is 5.91 Å². The summed E-state index contributed by atoms with van der Waals surface area (Å²) >= 11 is 0. The van der Waals surface area contributed by atoms with Gasteiger partial charge in [-0.3, -0.25) is 4.79 Å². The van der Waals surface area contributed by atoms with Gasteiger partial charge in [0.2, 0.25) is 0 Å². The minimum atomic E-state index is 0.128. The lowest BCUT2D eigenvalue weighted by Gasteiger charge is -2.35. The molecular weight excluding hydrogens is 398 g/mol. The molecule has 1 amide bonds. The minimum Gasteiger partial charge on any atom is -0.358 e. The molecule has 0 saturated carbocycles. The maximum Gasteiger partial charge on any atom is 0.256 e. The van der Waals surface area contributed by atoms with Crippen LogP contribution in [0.15, 0.2) is 24.3 Å². The first-order chi connectivity index (χ1) is 15.4. The molecule has 1 saturated heterocycles. The fraction of sp³-hybridized carbons (Fsp3) is 0.500. The fourth-order valence-electron chi connectivity index (χ4n) is 5.10. The Morgan fingerprint density at radius 3 is 2.69 bits per heavy atom. The number of rotatable bonds is 3. The topological polar surface area (TPSA) is 65.1 Å². The van der Waals surface area contributed by atoms with Gasteiger partial charge in [0.1, 0.15) is 11.6 Å². The van der Waals surface area contributed by atoms with Gasteiger partial charge in [0.05, 0.1) is 11.1 Å². The van der Waals surface area contributed by atoms with E-state index in [1.165, 1.54) is 23.1 Å². The number of para-hydroxylation sites is 1. The number of piperazine rings is 1. The van der Waals surface area contributed by atoms with Crippen molar-refractivity contribution in [3.8, 4) is 0 Å². The molecule has 168 valence electrons. The van der Waals surface area contributed by atoms with Gasteiger partial charge in [-0.25, -0.2) is 9.97 Å². The van der Waals surface area contributed by atoms with Crippen LogP contribution in [0.2, 0.25) is 0 Å². The number of anilines is 1. The third kappa shape index (κ3) is 3.76. The number of H-pyrrole nitrogens is 1. The van der Waals surface area contributed by atoms with Crippen LogP contribution in [0.4, 0.5) is 5.82 Å². The van der Waals surface area contributed by atoms with Crippen LogP contribution in [0.5, 0.6) is 0 Å². The Bertz CT molecular complexity index is 1160. The number of fused-ring (bicyclic) bond motifs is 3. The smallest absolute Gasteiger partial charge is 0.256 e. The van der Waals surface area contributed by atoms with Crippen molar-refractivity contribution in [2.45, 2.75) is 52.9 Å². The van der Waals surface area contributed by atoms with Crippen LogP contribution < -0.4 is 4.90 Å². The predicted octanol–water partition coefficient (Wildman–Crippen LogP) is 4.48. The second kappa shape index (κ2) is 8.23. The Hall–Kier alpha value is -2.89. The van der Waals surface area contributed by atoms with Gasteiger partial charge >= 0.3 is 0 Å². The third-order valence-electron chi connectivity index (χ3n) is 6.97. The molecule has 1 atom stereocenters. The van der Waals surface area contributed by atoms with E-state index in [1.807, 2.05) is 24.0 Å². The zero-order valence-electron chi connectivity index (χ0n) is 19.6. The number of carbonyl (C=O) groups is 1. The number of aryl methyl sites for hydroxylation is 2. The number of amides is 1. The van der Waals surface area contributed by atoms with Crippen LogP contribution in [-0.4, -0.2) is 51.9 Å². The highest BCUT2D eigenvalue weighted by Gasteiger charge is 2.27. The van der Waals surface area contributed by atoms with Crippen LogP contribution >= 0.6 is 0 Å². The molecule has 0 spiro atoms. The normalized spacial score (nSPS) is 19.0. The molecule has 1 aliphatic heterocycles. The SMILES string of the molecule is Cc1cc(N2CCN(C(=O)c3cccc4c5c([nH]c34)CCC(C)C5)CC2)nc(C(C)C)n1. The van der Waals surface area contributed by atoms with Gasteiger partial charge in [-0.2, -0.15) is 0 Å². The number of hydrogen-bond donors (Lipinski definition) is 1. The Labute approximate surface area is 190 Å². The number of nitrogens with zero attached hydrogens (tertiary/aromatic N) is 4. The van der Waals surface area contributed by atoms with Crippen molar-refractivity contribution in [2.75, 3.05) is 31.1 Å². The summed E-state index contributed by atoms with van der Waals surface area (Å²) in [6, 6.07) is 8.23. The molecule has 1 N–H and O–H groups in total. The zero-order chi connectivity index (χ0) is 22.4. The maximum atomic E-state index is 13.5. The Kier molecular flexibility index (Phi) is 5.39. The standard InChI is InChI=1S/C26H33N5O/c1-16(2)25-27-18(4)15-23(29-25)30-10-12-31(13-11-30)26(32)20-7-5-6-19-21-14-17(3)8-9-22(21)28-24(19)20/h5-7,15-17,28H,8-14H2,1-4H3. The van der Waals surface area contributed by atoms with E-state index in [9.17, 15) is 4.79 Å². The first-order valence-electron chi connectivity index (χ1n) is 11.9. The molecule has 3 heterocycles. The molecular formula is C26H33N5O. The second-order valence-electron chi connectivity index (χ2n) is 9.82. The number of aromatic amines is 1. The molecule has 2 aliphatic rings. The average Bonchev–Trinajstić information content (AvgIpc) is 3.16. The molecule has 1 unspecified atom stereocenters. The van der Waals surface area contributed by atoms with E-state index >= 15 is 0 Å². The van der Waals surface area contributed by atoms with Gasteiger partial charge in [-0.15, -0.1) is 0 Å². The van der Waals surface area contributed by atoms with Gasteiger partial charge < -0.3 is 14.8 Å². The number of nitrogens with one attached hydrogen (secondary N) is 1. The number of benzene rings is 1. The molecule has 2 aromatic heterocycles. The number of carbonyl (C=O) groups excluding carboxylic acids is 1. The zero-order valence-corrected chi connectivity index (χ0v) is 19.6. The molecule has 6 heteroatoms. The molecule has 0 bridgehead atoms. The predicted molar refractivity (Wildman–Crippen MR) is 128 cm³/mol. The average molecular weight is 432 g/mol. The lowest BCUT2D eigenvalue weighted by atomic mass is 9.87. The van der Waals surface area contributed by atoms with E-state index in [0.717, 1.165) is 54.3 Å². The van der Waals surface area contributed by atoms with Crippen molar-refractivity contribution in [2.24, 2.45) is 5.92 Å². The summed E-state index contributed by atoms with van der Waals surface area (Å²) in [6.07, 6.45) is 3.39. The van der Waals surface area contributed by atoms with Crippen LogP contribution in [0.1, 0.15) is 66.2 Å². The summed E-state index contributed by atoms with van der Waals surface area (Å²) < 4.78 is 0. The van der Waals surface area contributed by atoms with E-state index in [1.54, 1.807) is 0 Å². The van der Waals surface area contributed by atoms with Crippen molar-refractivity contribution in [3.63, 3.8) is 0 Å². The highest BCUT2D eigenvalue weighted by Crippen LogP contribution is 2.33. The summed E-state index contributed by atoms with van der Waals surface area (Å²) in [5.74, 6) is 2.99. The molecule has 5 rings (SSSR count). The summed E-state index contributed by atoms with van der Waals surface area (Å²) in [5.41, 5.74) is 5.56. The van der Waals surface area contributed by atoms with Crippen LogP contribution in [-0.2, 0) is 12.8 Å². The van der Waals surface area contributed by atoms with Crippen molar-refractivity contribution in [1.29, 1.82) is 0 Å². The van der Waals surface area contributed by atoms with Crippen LogP contribution in [0.3, 0.4) is 0 Å². The van der Waals surface area contributed by atoms with E-state index in [2.05, 4.69) is 47.8 Å². The summed E-state index contributed by atoms with van der Waals surface area (Å²) in [6.45, 7) is 11.6. The van der Waals surface area contributed by atoms with Crippen molar-refractivity contribution >= 4 is 22.6 Å². The van der Waals surface area contributed by atoms with Gasteiger partial charge in [-0.05, 0) is 43.7 Å². The van der Waals surface area contributed by atoms with Crippen LogP contribution in [0.25, 0.3) is 10.9 Å². The summed E-state index contributed by atoms with van der Waals surface area (Å²) in [7, 11) is 0. The monoisotopic (exact) mass is 431 g/mol. The third-order valence-corrected chi connectivity index (χ3v) is 6.97. The lowest BCUT2D eigenvalue weighted by Crippen LogP contribution is -2.49. The van der Waals surface area contributed by atoms with Crippen molar-refractivity contribution in [1.82, 2.24) is 19.9 Å². The molecule has 1 aromatic carbocycles. The quantitative estimate of drug-likeness (QED) is 0.664. The number of aromatic nitrogens is 3. The number of hydrogen-bond acceptors (Lipinski definition) is 4. The van der Waals surface area contributed by atoms with E-state index in [4.69, 9.17) is 4.98 Å². The highest BCUT2D eigenvalue weighted by atomic mass is 16.2. The largest absolute Gasteiger partial charge is 0.358 e. The lowest BCUT2D eigenvalue weighted by molar-refractivity contribution is 0.0748. The highest BCUT2D eigenvalue weighted by molar-refractivity contribution is 6.07. The van der Waals surface area contributed by atoms with Crippen molar-refractivity contribution in [3.05, 3.63) is 52.6 Å². The van der Waals surface area contributed by atoms with Gasteiger partial charge in [0.15, 0.2) is 0 Å². The van der Waals surface area contributed by atoms with Crippen LogP contribution in [0, 0.1) is 12.8 Å². The Morgan fingerprint density at radius 1 is 1.16 bits per heavy atom. The molecule has 6 nitrogen and oxygen atoms in total. The minimum absolute atomic E-state index is 0.128. The first kappa shape index (κ1) is 21.0. The van der Waals surface area contributed by atoms with E-state index < -0.39 is 0 Å².